The molecule has 0 radical (unpaired) electrons. The molecule has 0 aliphatic carbocycles. The lowest BCUT2D eigenvalue weighted by atomic mass is 9.78. The van der Waals surface area contributed by atoms with Crippen LogP contribution in [0.15, 0.2) is 73.1 Å². The van der Waals surface area contributed by atoms with E-state index in [1.807, 2.05) is 44.6 Å². The van der Waals surface area contributed by atoms with Crippen molar-refractivity contribution >= 4 is 5.91 Å². The molecule has 166 valence electrons. The van der Waals surface area contributed by atoms with Gasteiger partial charge in [-0.25, -0.2) is 0 Å². The van der Waals surface area contributed by atoms with Crippen molar-refractivity contribution in [3.05, 3.63) is 84.2 Å². The fourth-order valence-electron chi connectivity index (χ4n) is 4.88. The molecule has 1 saturated heterocycles. The summed E-state index contributed by atoms with van der Waals surface area (Å²) in [6, 6.07) is 20.5. The normalized spacial score (nSPS) is 18.5. The van der Waals surface area contributed by atoms with Crippen LogP contribution in [-0.2, 0) is 17.8 Å². The van der Waals surface area contributed by atoms with Gasteiger partial charge in [-0.15, -0.1) is 0 Å². The van der Waals surface area contributed by atoms with Crippen LogP contribution in [0.25, 0.3) is 11.1 Å². The highest BCUT2D eigenvalue weighted by molar-refractivity contribution is 5.84. The van der Waals surface area contributed by atoms with E-state index in [0.717, 1.165) is 48.5 Å². The summed E-state index contributed by atoms with van der Waals surface area (Å²) in [6.45, 7) is 2.38. The predicted octanol–water partition coefficient (Wildman–Crippen LogP) is 4.28. The second-order valence-electron chi connectivity index (χ2n) is 8.83. The molecule has 0 N–H and O–H groups in total. The molecule has 5 heteroatoms. The maximum Gasteiger partial charge on any atom is 0.229 e. The van der Waals surface area contributed by atoms with Gasteiger partial charge in [-0.3, -0.25) is 14.7 Å². The number of methoxy groups -OCH3 is 1. The molecule has 1 aliphatic rings. The summed E-state index contributed by atoms with van der Waals surface area (Å²) < 4.78 is 5.55. The Bertz CT molecular complexity index is 1070. The van der Waals surface area contributed by atoms with Gasteiger partial charge >= 0.3 is 0 Å². The third kappa shape index (κ3) is 4.53. The number of benzene rings is 2. The Kier molecular flexibility index (Phi) is 6.56. The third-order valence-corrected chi connectivity index (χ3v) is 6.40. The SMILES string of the molecule is COc1ccccc1CN1CCC(Cc2ccccc2-c2cccnc2)(C(=O)N(C)C)C1. The highest BCUT2D eigenvalue weighted by Gasteiger charge is 2.45. The molecule has 1 unspecified atom stereocenters. The van der Waals surface area contributed by atoms with Crippen molar-refractivity contribution in [1.29, 1.82) is 0 Å². The first-order chi connectivity index (χ1) is 15.5. The number of pyridine rings is 1. The molecular formula is C27H31N3O2. The van der Waals surface area contributed by atoms with Crippen molar-refractivity contribution < 1.29 is 9.53 Å². The Hall–Kier alpha value is -3.18. The first kappa shape index (κ1) is 22.0. The molecule has 1 aromatic heterocycles. The topological polar surface area (TPSA) is 45.7 Å². The van der Waals surface area contributed by atoms with Gasteiger partial charge in [-0.2, -0.15) is 0 Å². The third-order valence-electron chi connectivity index (χ3n) is 6.40. The van der Waals surface area contributed by atoms with Gasteiger partial charge in [-0.1, -0.05) is 48.5 Å². The Morgan fingerprint density at radius 1 is 1.06 bits per heavy atom. The van der Waals surface area contributed by atoms with Gasteiger partial charge in [0.15, 0.2) is 0 Å². The van der Waals surface area contributed by atoms with Gasteiger partial charge < -0.3 is 9.64 Å². The molecular weight excluding hydrogens is 398 g/mol. The van der Waals surface area contributed by atoms with Crippen LogP contribution in [0.4, 0.5) is 0 Å². The predicted molar refractivity (Wildman–Crippen MR) is 127 cm³/mol. The summed E-state index contributed by atoms with van der Waals surface area (Å²) in [5.74, 6) is 1.09. The Labute approximate surface area is 190 Å². The Morgan fingerprint density at radius 2 is 1.81 bits per heavy atom. The standard InChI is InChI=1S/C27H31N3O2/c1-29(2)26(31)27(14-16-30(20-27)19-23-10-5-7-13-25(23)32-3)17-21-9-4-6-12-24(21)22-11-8-15-28-18-22/h4-13,15,18H,14,16-17,19-20H2,1-3H3. The molecule has 1 fully saturated rings. The summed E-state index contributed by atoms with van der Waals surface area (Å²) in [5, 5.41) is 0. The zero-order chi connectivity index (χ0) is 22.6. The zero-order valence-electron chi connectivity index (χ0n) is 19.1. The zero-order valence-corrected chi connectivity index (χ0v) is 19.1. The molecule has 0 spiro atoms. The summed E-state index contributed by atoms with van der Waals surface area (Å²) in [6.07, 6.45) is 5.22. The van der Waals surface area contributed by atoms with Crippen LogP contribution in [0.1, 0.15) is 17.5 Å². The Balaban J connectivity index is 1.63. The van der Waals surface area contributed by atoms with E-state index < -0.39 is 5.41 Å². The van der Waals surface area contributed by atoms with Gasteiger partial charge in [0, 0.05) is 50.7 Å². The summed E-state index contributed by atoms with van der Waals surface area (Å²) >= 11 is 0. The van der Waals surface area contributed by atoms with Crippen molar-refractivity contribution in [2.75, 3.05) is 34.3 Å². The van der Waals surface area contributed by atoms with Crippen LogP contribution in [-0.4, -0.2) is 55.0 Å². The molecule has 2 aromatic carbocycles. The van der Waals surface area contributed by atoms with Crippen molar-refractivity contribution in [3.8, 4) is 16.9 Å². The number of para-hydroxylation sites is 1. The van der Waals surface area contributed by atoms with Gasteiger partial charge in [0.2, 0.25) is 5.91 Å². The van der Waals surface area contributed by atoms with Crippen LogP contribution in [0.2, 0.25) is 0 Å². The van der Waals surface area contributed by atoms with E-state index in [-0.39, 0.29) is 5.91 Å². The molecule has 1 atom stereocenters. The molecule has 1 amide bonds. The Morgan fingerprint density at radius 3 is 2.53 bits per heavy atom. The fraction of sp³-hybridized carbons (Fsp3) is 0.333. The number of likely N-dealkylation sites (tertiary alicyclic amines) is 1. The largest absolute Gasteiger partial charge is 0.496 e. The van der Waals surface area contributed by atoms with Crippen LogP contribution in [0.5, 0.6) is 5.75 Å². The van der Waals surface area contributed by atoms with Crippen LogP contribution in [0, 0.1) is 5.41 Å². The van der Waals surface area contributed by atoms with E-state index in [9.17, 15) is 4.79 Å². The average molecular weight is 430 g/mol. The number of amides is 1. The number of carbonyl (C=O) groups excluding carboxylic acids is 1. The smallest absolute Gasteiger partial charge is 0.229 e. The van der Waals surface area contributed by atoms with Gasteiger partial charge in [0.1, 0.15) is 5.75 Å². The number of nitrogens with zero attached hydrogens (tertiary/aromatic N) is 3. The lowest BCUT2D eigenvalue weighted by molar-refractivity contribution is -0.138. The van der Waals surface area contributed by atoms with Crippen molar-refractivity contribution in [1.82, 2.24) is 14.8 Å². The van der Waals surface area contributed by atoms with E-state index in [1.165, 1.54) is 5.56 Å². The number of aromatic nitrogens is 1. The van der Waals surface area contributed by atoms with Gasteiger partial charge in [0.25, 0.3) is 0 Å². The number of carbonyl (C=O) groups is 1. The molecule has 4 rings (SSSR count). The van der Waals surface area contributed by atoms with E-state index in [4.69, 9.17) is 4.74 Å². The molecule has 3 aromatic rings. The van der Waals surface area contributed by atoms with Crippen LogP contribution < -0.4 is 4.74 Å². The van der Waals surface area contributed by atoms with E-state index in [0.29, 0.717) is 6.42 Å². The fourth-order valence-corrected chi connectivity index (χ4v) is 4.88. The van der Waals surface area contributed by atoms with Gasteiger partial charge in [-0.05, 0) is 42.6 Å². The number of hydrogen-bond donors (Lipinski definition) is 0. The molecule has 0 saturated carbocycles. The number of hydrogen-bond acceptors (Lipinski definition) is 4. The lowest BCUT2D eigenvalue weighted by Crippen LogP contribution is -2.44. The van der Waals surface area contributed by atoms with Gasteiger partial charge in [0.05, 0.1) is 12.5 Å². The minimum atomic E-state index is -0.455. The second-order valence-corrected chi connectivity index (χ2v) is 8.83. The highest BCUT2D eigenvalue weighted by Crippen LogP contribution is 2.39. The molecule has 1 aliphatic heterocycles. The maximum atomic E-state index is 13.5. The quantitative estimate of drug-likeness (QED) is 0.562. The lowest BCUT2D eigenvalue weighted by Gasteiger charge is -2.32. The molecule has 0 bridgehead atoms. The summed E-state index contributed by atoms with van der Waals surface area (Å²) in [7, 11) is 5.43. The average Bonchev–Trinajstić information content (AvgIpc) is 3.23. The van der Waals surface area contributed by atoms with Crippen molar-refractivity contribution in [3.63, 3.8) is 0 Å². The first-order valence-corrected chi connectivity index (χ1v) is 11.1. The maximum absolute atomic E-state index is 13.5. The summed E-state index contributed by atoms with van der Waals surface area (Å²) in [5.41, 5.74) is 4.12. The van der Waals surface area contributed by atoms with Crippen LogP contribution in [0.3, 0.4) is 0 Å². The highest BCUT2D eigenvalue weighted by atomic mass is 16.5. The molecule has 32 heavy (non-hydrogen) atoms. The van der Waals surface area contributed by atoms with E-state index >= 15 is 0 Å². The molecule has 5 nitrogen and oxygen atoms in total. The summed E-state index contributed by atoms with van der Waals surface area (Å²) in [4.78, 5) is 21.9. The van der Waals surface area contributed by atoms with Crippen molar-refractivity contribution in [2.45, 2.75) is 19.4 Å². The first-order valence-electron chi connectivity index (χ1n) is 11.1. The number of rotatable bonds is 7. The van der Waals surface area contributed by atoms with Crippen molar-refractivity contribution in [2.24, 2.45) is 5.41 Å². The molecule has 2 heterocycles. The number of ether oxygens (including phenoxy) is 1. The van der Waals surface area contributed by atoms with Crippen LogP contribution >= 0.6 is 0 Å². The van der Waals surface area contributed by atoms with E-state index in [2.05, 4.69) is 46.3 Å². The monoisotopic (exact) mass is 429 g/mol. The van der Waals surface area contributed by atoms with E-state index in [1.54, 1.807) is 18.2 Å². The minimum absolute atomic E-state index is 0.195. The minimum Gasteiger partial charge on any atom is -0.496 e. The second kappa shape index (κ2) is 9.53.